The molecule has 0 bridgehead atoms. The standard InChI is InChI=1S/C24H24N4O/c1-16(2)28-21(11-12-25-28)18-13-23(29)26-20-9-6-10-22-24(20)19(18)15-27(22)14-17-7-4-3-5-8-17/h3-12,15-16,18H,13-14H2,1-2H3,(H,26,29). The van der Waals surface area contributed by atoms with Gasteiger partial charge in [0.2, 0.25) is 5.91 Å². The predicted molar refractivity (Wildman–Crippen MR) is 115 cm³/mol. The van der Waals surface area contributed by atoms with Crippen LogP contribution in [0.15, 0.2) is 67.0 Å². The van der Waals surface area contributed by atoms with E-state index in [0.717, 1.165) is 28.8 Å². The summed E-state index contributed by atoms with van der Waals surface area (Å²) in [6.07, 6.45) is 4.48. The molecule has 146 valence electrons. The first-order chi connectivity index (χ1) is 14.1. The lowest BCUT2D eigenvalue weighted by atomic mass is 9.92. The monoisotopic (exact) mass is 384 g/mol. The number of benzene rings is 2. The smallest absolute Gasteiger partial charge is 0.225 e. The van der Waals surface area contributed by atoms with Crippen LogP contribution in [0, 0.1) is 0 Å². The van der Waals surface area contributed by atoms with E-state index in [1.807, 2.05) is 35.1 Å². The Balaban J connectivity index is 1.71. The van der Waals surface area contributed by atoms with Gasteiger partial charge in [0.1, 0.15) is 0 Å². The van der Waals surface area contributed by atoms with Crippen molar-refractivity contribution >= 4 is 22.5 Å². The van der Waals surface area contributed by atoms with Crippen molar-refractivity contribution in [2.45, 2.75) is 38.8 Å². The van der Waals surface area contributed by atoms with Crippen molar-refractivity contribution in [2.24, 2.45) is 0 Å². The summed E-state index contributed by atoms with van der Waals surface area (Å²) in [7, 11) is 0. The summed E-state index contributed by atoms with van der Waals surface area (Å²) in [5.41, 5.74) is 5.57. The van der Waals surface area contributed by atoms with E-state index in [2.05, 4.69) is 65.4 Å². The molecule has 0 fully saturated rings. The molecule has 4 aromatic rings. The van der Waals surface area contributed by atoms with Crippen LogP contribution in [0.3, 0.4) is 0 Å². The van der Waals surface area contributed by atoms with Crippen LogP contribution in [0.25, 0.3) is 10.9 Å². The minimum absolute atomic E-state index is 0.0249. The molecule has 5 nitrogen and oxygen atoms in total. The Morgan fingerprint density at radius 2 is 1.93 bits per heavy atom. The quantitative estimate of drug-likeness (QED) is 0.542. The number of nitrogens with one attached hydrogen (secondary N) is 1. The molecule has 0 aliphatic carbocycles. The average molecular weight is 384 g/mol. The van der Waals surface area contributed by atoms with Crippen molar-refractivity contribution in [2.75, 3.05) is 5.32 Å². The topological polar surface area (TPSA) is 51.9 Å². The molecule has 29 heavy (non-hydrogen) atoms. The molecule has 1 unspecified atom stereocenters. The zero-order valence-electron chi connectivity index (χ0n) is 16.7. The SMILES string of the molecule is CC(C)n1nccc1C1CC(=O)Nc2cccc3c2c1cn3Cc1ccccc1. The number of hydrogen-bond acceptors (Lipinski definition) is 2. The van der Waals surface area contributed by atoms with Crippen molar-refractivity contribution < 1.29 is 4.79 Å². The normalized spacial score (nSPS) is 16.2. The third-order valence-corrected chi connectivity index (χ3v) is 5.72. The second-order valence-corrected chi connectivity index (χ2v) is 8.00. The molecule has 2 aromatic heterocycles. The fourth-order valence-corrected chi connectivity index (χ4v) is 4.46. The van der Waals surface area contributed by atoms with E-state index in [-0.39, 0.29) is 17.9 Å². The third kappa shape index (κ3) is 3.03. The highest BCUT2D eigenvalue weighted by atomic mass is 16.1. The zero-order valence-corrected chi connectivity index (χ0v) is 16.7. The first-order valence-corrected chi connectivity index (χ1v) is 10.1. The Morgan fingerprint density at radius 3 is 2.72 bits per heavy atom. The third-order valence-electron chi connectivity index (χ3n) is 5.72. The fourth-order valence-electron chi connectivity index (χ4n) is 4.46. The van der Waals surface area contributed by atoms with Crippen LogP contribution < -0.4 is 5.32 Å². The van der Waals surface area contributed by atoms with E-state index in [4.69, 9.17) is 0 Å². The minimum atomic E-state index is -0.0249. The van der Waals surface area contributed by atoms with E-state index >= 15 is 0 Å². The van der Waals surface area contributed by atoms with Gasteiger partial charge in [0.05, 0.1) is 11.2 Å². The van der Waals surface area contributed by atoms with Gasteiger partial charge in [-0.2, -0.15) is 5.10 Å². The van der Waals surface area contributed by atoms with Gasteiger partial charge in [-0.1, -0.05) is 36.4 Å². The molecule has 5 rings (SSSR count). The van der Waals surface area contributed by atoms with Crippen LogP contribution in [0.4, 0.5) is 5.69 Å². The van der Waals surface area contributed by atoms with Crippen molar-refractivity contribution in [3.05, 3.63) is 83.8 Å². The summed E-state index contributed by atoms with van der Waals surface area (Å²) in [6, 6.07) is 18.9. The summed E-state index contributed by atoms with van der Waals surface area (Å²) >= 11 is 0. The van der Waals surface area contributed by atoms with Gasteiger partial charge in [0, 0.05) is 48.4 Å². The highest BCUT2D eigenvalue weighted by Gasteiger charge is 2.30. The molecule has 1 aliphatic rings. The molecule has 3 heterocycles. The Kier molecular flexibility index (Phi) is 4.23. The number of carbonyl (C=O) groups excluding carboxylic acids is 1. The second-order valence-electron chi connectivity index (χ2n) is 8.00. The molecule has 0 radical (unpaired) electrons. The fraction of sp³-hybridized carbons (Fsp3) is 0.250. The van der Waals surface area contributed by atoms with Crippen molar-refractivity contribution in [1.82, 2.24) is 14.3 Å². The maximum Gasteiger partial charge on any atom is 0.225 e. The van der Waals surface area contributed by atoms with E-state index in [0.29, 0.717) is 6.42 Å². The van der Waals surface area contributed by atoms with Gasteiger partial charge in [0.15, 0.2) is 0 Å². The number of nitrogens with zero attached hydrogens (tertiary/aromatic N) is 3. The van der Waals surface area contributed by atoms with Gasteiger partial charge in [-0.15, -0.1) is 0 Å². The first-order valence-electron chi connectivity index (χ1n) is 10.1. The van der Waals surface area contributed by atoms with Crippen molar-refractivity contribution in [1.29, 1.82) is 0 Å². The maximum atomic E-state index is 12.7. The number of anilines is 1. The highest BCUT2D eigenvalue weighted by Crippen LogP contribution is 2.41. The van der Waals surface area contributed by atoms with Crippen LogP contribution in [-0.2, 0) is 11.3 Å². The number of carbonyl (C=O) groups is 1. The number of aromatic nitrogens is 3. The zero-order chi connectivity index (χ0) is 20.0. The van der Waals surface area contributed by atoms with Crippen LogP contribution >= 0.6 is 0 Å². The molecule has 1 atom stereocenters. The van der Waals surface area contributed by atoms with E-state index < -0.39 is 0 Å². The van der Waals surface area contributed by atoms with Crippen LogP contribution in [0.5, 0.6) is 0 Å². The minimum Gasteiger partial charge on any atom is -0.343 e. The van der Waals surface area contributed by atoms with Gasteiger partial charge < -0.3 is 9.88 Å². The first kappa shape index (κ1) is 17.7. The molecule has 0 saturated carbocycles. The van der Waals surface area contributed by atoms with Gasteiger partial charge in [-0.05, 0) is 43.2 Å². The summed E-state index contributed by atoms with van der Waals surface area (Å²) in [5, 5.41) is 8.78. The van der Waals surface area contributed by atoms with Crippen LogP contribution in [-0.4, -0.2) is 20.3 Å². The molecule has 2 aromatic carbocycles. The van der Waals surface area contributed by atoms with Crippen molar-refractivity contribution in [3.63, 3.8) is 0 Å². The number of rotatable bonds is 4. The Labute approximate surface area is 170 Å². The van der Waals surface area contributed by atoms with Gasteiger partial charge in [-0.25, -0.2) is 0 Å². The average Bonchev–Trinajstić information content (AvgIpc) is 3.30. The molecule has 5 heteroatoms. The lowest BCUT2D eigenvalue weighted by Crippen LogP contribution is -2.17. The number of amides is 1. The Bertz CT molecular complexity index is 1190. The summed E-state index contributed by atoms with van der Waals surface area (Å²) < 4.78 is 4.33. The molecule has 1 aliphatic heterocycles. The van der Waals surface area contributed by atoms with Gasteiger partial charge in [-0.3, -0.25) is 9.48 Å². The molecule has 0 spiro atoms. The van der Waals surface area contributed by atoms with E-state index in [1.165, 1.54) is 11.1 Å². The van der Waals surface area contributed by atoms with Crippen LogP contribution in [0.2, 0.25) is 0 Å². The maximum absolute atomic E-state index is 12.7. The lowest BCUT2D eigenvalue weighted by Gasteiger charge is -2.18. The molecular formula is C24H24N4O. The van der Waals surface area contributed by atoms with E-state index in [1.54, 1.807) is 0 Å². The highest BCUT2D eigenvalue weighted by molar-refractivity contribution is 6.06. The summed E-state index contributed by atoms with van der Waals surface area (Å²) in [4.78, 5) is 12.7. The summed E-state index contributed by atoms with van der Waals surface area (Å²) in [5.74, 6) is 0.0212. The van der Waals surface area contributed by atoms with Gasteiger partial charge >= 0.3 is 0 Å². The molecule has 0 saturated heterocycles. The molecule has 1 amide bonds. The molecule has 1 N–H and O–H groups in total. The second kappa shape index (κ2) is 6.92. The van der Waals surface area contributed by atoms with Gasteiger partial charge in [0.25, 0.3) is 0 Å². The van der Waals surface area contributed by atoms with Crippen molar-refractivity contribution in [3.8, 4) is 0 Å². The lowest BCUT2D eigenvalue weighted by molar-refractivity contribution is -0.116. The van der Waals surface area contributed by atoms with Crippen LogP contribution in [0.1, 0.15) is 49.0 Å². The largest absolute Gasteiger partial charge is 0.343 e. The Morgan fingerprint density at radius 1 is 1.10 bits per heavy atom. The number of hydrogen-bond donors (Lipinski definition) is 1. The van der Waals surface area contributed by atoms with E-state index in [9.17, 15) is 4.79 Å². The molecular weight excluding hydrogens is 360 g/mol. The Hall–Kier alpha value is -3.34. The predicted octanol–water partition coefficient (Wildman–Crippen LogP) is 4.94. The summed E-state index contributed by atoms with van der Waals surface area (Å²) in [6.45, 7) is 5.04.